The van der Waals surface area contributed by atoms with E-state index in [1.54, 1.807) is 49.5 Å². The van der Waals surface area contributed by atoms with Gasteiger partial charge in [-0.15, -0.1) is 0 Å². The summed E-state index contributed by atoms with van der Waals surface area (Å²) in [5.41, 5.74) is 5.93. The molecule has 150 valence electrons. The Morgan fingerprint density at radius 3 is 2.72 bits per heavy atom. The second-order valence-electron chi connectivity index (χ2n) is 5.99. The summed E-state index contributed by atoms with van der Waals surface area (Å²) in [5.74, 6) is -0.563. The van der Waals surface area contributed by atoms with E-state index in [4.69, 9.17) is 15.2 Å². The first-order valence-corrected chi connectivity index (χ1v) is 9.30. The zero-order chi connectivity index (χ0) is 21.0. The molecule has 9 heteroatoms. The minimum Gasteiger partial charge on any atom is -0.493 e. The maximum absolute atomic E-state index is 13.9. The summed E-state index contributed by atoms with van der Waals surface area (Å²) in [4.78, 5) is 29.5. The number of para-hydroxylation sites is 1. The van der Waals surface area contributed by atoms with E-state index in [-0.39, 0.29) is 18.2 Å². The van der Waals surface area contributed by atoms with Crippen LogP contribution in [0.3, 0.4) is 0 Å². The van der Waals surface area contributed by atoms with E-state index in [0.29, 0.717) is 27.1 Å². The van der Waals surface area contributed by atoms with Crippen LogP contribution in [0.15, 0.2) is 52.4 Å². The molecule has 0 spiro atoms. The van der Waals surface area contributed by atoms with Crippen LogP contribution in [-0.4, -0.2) is 42.6 Å². The van der Waals surface area contributed by atoms with Crippen LogP contribution in [0.2, 0.25) is 0 Å². The summed E-state index contributed by atoms with van der Waals surface area (Å²) in [6.45, 7) is -0.272. The Kier molecular flexibility index (Phi) is 6.18. The van der Waals surface area contributed by atoms with Crippen molar-refractivity contribution in [3.8, 4) is 11.5 Å². The molecule has 3 rings (SSSR count). The number of rotatable bonds is 6. The average molecular weight is 415 g/mol. The zero-order valence-electron chi connectivity index (χ0n) is 15.7. The van der Waals surface area contributed by atoms with Gasteiger partial charge in [0.1, 0.15) is 11.5 Å². The van der Waals surface area contributed by atoms with Gasteiger partial charge in [0.2, 0.25) is 0 Å². The van der Waals surface area contributed by atoms with Crippen molar-refractivity contribution in [2.24, 2.45) is 10.7 Å². The summed E-state index contributed by atoms with van der Waals surface area (Å²) in [6.07, 6.45) is 1.67. The first kappa shape index (κ1) is 20.4. The Hall–Kier alpha value is -3.33. The molecular formula is C20H18FN3O4S. The van der Waals surface area contributed by atoms with Gasteiger partial charge in [0, 0.05) is 7.05 Å². The molecule has 2 aromatic carbocycles. The maximum Gasteiger partial charge on any atom is 0.266 e. The van der Waals surface area contributed by atoms with E-state index in [9.17, 15) is 14.0 Å². The van der Waals surface area contributed by atoms with Crippen LogP contribution in [0.4, 0.5) is 10.1 Å². The molecule has 1 fully saturated rings. The Morgan fingerprint density at radius 2 is 2.03 bits per heavy atom. The zero-order valence-corrected chi connectivity index (χ0v) is 16.5. The molecule has 0 saturated carbocycles. The van der Waals surface area contributed by atoms with Crippen molar-refractivity contribution < 1.29 is 23.5 Å². The van der Waals surface area contributed by atoms with Crippen molar-refractivity contribution in [3.05, 3.63) is 58.8 Å². The molecule has 1 saturated heterocycles. The van der Waals surface area contributed by atoms with Crippen LogP contribution in [0.5, 0.6) is 11.5 Å². The lowest BCUT2D eigenvalue weighted by molar-refractivity contribution is -0.121. The maximum atomic E-state index is 13.9. The average Bonchev–Trinajstić information content (AvgIpc) is 2.96. The van der Waals surface area contributed by atoms with Crippen LogP contribution >= 0.6 is 11.8 Å². The molecule has 7 nitrogen and oxygen atoms in total. The molecule has 2 amide bonds. The van der Waals surface area contributed by atoms with Gasteiger partial charge in [-0.2, -0.15) is 0 Å². The summed E-state index contributed by atoms with van der Waals surface area (Å²) in [5, 5.41) is 0.375. The van der Waals surface area contributed by atoms with Crippen molar-refractivity contribution in [1.82, 2.24) is 4.90 Å². The lowest BCUT2D eigenvalue weighted by atomic mass is 10.2. The smallest absolute Gasteiger partial charge is 0.266 e. The monoisotopic (exact) mass is 415 g/mol. The number of benzene rings is 2. The molecule has 0 aliphatic carbocycles. The van der Waals surface area contributed by atoms with Crippen molar-refractivity contribution in [2.45, 2.75) is 0 Å². The number of hydrogen-bond donors (Lipinski definition) is 1. The number of amides is 2. The number of ether oxygens (including phenoxy) is 2. The van der Waals surface area contributed by atoms with Gasteiger partial charge in [0.15, 0.2) is 23.3 Å². The topological polar surface area (TPSA) is 94.2 Å². The highest BCUT2D eigenvalue weighted by Gasteiger charge is 2.30. The largest absolute Gasteiger partial charge is 0.493 e. The number of nitrogens with zero attached hydrogens (tertiary/aromatic N) is 2. The quantitative estimate of drug-likeness (QED) is 0.732. The van der Waals surface area contributed by atoms with Crippen LogP contribution in [-0.2, 0) is 9.59 Å². The minimum atomic E-state index is -0.601. The second-order valence-corrected chi connectivity index (χ2v) is 6.99. The molecule has 1 aliphatic rings. The normalized spacial score (nSPS) is 16.5. The van der Waals surface area contributed by atoms with Gasteiger partial charge in [0.05, 0.1) is 12.0 Å². The number of methoxy groups -OCH3 is 1. The van der Waals surface area contributed by atoms with Gasteiger partial charge in [-0.3, -0.25) is 14.5 Å². The first-order valence-electron chi connectivity index (χ1n) is 8.49. The number of aliphatic imine (C=N–C) groups is 1. The number of likely N-dealkylation sites (N-methyl/N-ethyl adjacent to an activating group) is 1. The second kappa shape index (κ2) is 8.78. The van der Waals surface area contributed by atoms with Gasteiger partial charge in [-0.25, -0.2) is 9.38 Å². The third-order valence-corrected chi connectivity index (χ3v) is 4.99. The van der Waals surface area contributed by atoms with E-state index in [1.807, 2.05) is 0 Å². The van der Waals surface area contributed by atoms with Crippen LogP contribution < -0.4 is 15.2 Å². The molecule has 29 heavy (non-hydrogen) atoms. The minimum absolute atomic E-state index is 0.161. The number of thioether (sulfide) groups is 1. The molecular weight excluding hydrogens is 397 g/mol. The fraction of sp³-hybridized carbons (Fsp3) is 0.150. The predicted molar refractivity (Wildman–Crippen MR) is 110 cm³/mol. The molecule has 2 N–H and O–H groups in total. The van der Waals surface area contributed by atoms with Crippen molar-refractivity contribution >= 4 is 40.5 Å². The number of amidine groups is 1. The molecule has 1 heterocycles. The standard InChI is InChI=1S/C20H18FN3O4S/c1-24-19(26)17(29-20(24)23-14-6-4-3-5-13(14)21)10-12-7-8-15(16(9-12)27-2)28-11-18(22)25/h3-10H,11H2,1-2H3,(H2,22,25)/b17-10+,23-20?. The Balaban J connectivity index is 1.86. The van der Waals surface area contributed by atoms with E-state index in [0.717, 1.165) is 11.8 Å². The molecule has 0 unspecified atom stereocenters. The van der Waals surface area contributed by atoms with Crippen molar-refractivity contribution in [2.75, 3.05) is 20.8 Å². The van der Waals surface area contributed by atoms with Gasteiger partial charge in [-0.05, 0) is 47.7 Å². The molecule has 0 radical (unpaired) electrons. The summed E-state index contributed by atoms with van der Waals surface area (Å²) >= 11 is 1.14. The van der Waals surface area contributed by atoms with Gasteiger partial charge in [0.25, 0.3) is 11.8 Å². The van der Waals surface area contributed by atoms with E-state index >= 15 is 0 Å². The lowest BCUT2D eigenvalue weighted by Gasteiger charge is -2.10. The fourth-order valence-electron chi connectivity index (χ4n) is 2.49. The van der Waals surface area contributed by atoms with Crippen LogP contribution in [0.25, 0.3) is 6.08 Å². The van der Waals surface area contributed by atoms with E-state index in [2.05, 4.69) is 4.99 Å². The van der Waals surface area contributed by atoms with E-state index < -0.39 is 11.7 Å². The van der Waals surface area contributed by atoms with Gasteiger partial charge >= 0.3 is 0 Å². The highest BCUT2D eigenvalue weighted by atomic mass is 32.2. The number of carbonyl (C=O) groups excluding carboxylic acids is 2. The van der Waals surface area contributed by atoms with Crippen LogP contribution in [0.1, 0.15) is 5.56 Å². The van der Waals surface area contributed by atoms with Gasteiger partial charge < -0.3 is 15.2 Å². The van der Waals surface area contributed by atoms with Crippen molar-refractivity contribution in [1.29, 1.82) is 0 Å². The SMILES string of the molecule is COc1cc(/C=C2/SC(=Nc3ccccc3F)N(C)C2=O)ccc1OCC(N)=O. The van der Waals surface area contributed by atoms with Crippen LogP contribution in [0, 0.1) is 5.82 Å². The number of hydrogen-bond acceptors (Lipinski definition) is 6. The van der Waals surface area contributed by atoms with E-state index in [1.165, 1.54) is 18.1 Å². The predicted octanol–water partition coefficient (Wildman–Crippen LogP) is 2.93. The Bertz CT molecular complexity index is 1020. The first-order chi connectivity index (χ1) is 13.9. The molecule has 0 atom stereocenters. The molecule has 1 aliphatic heterocycles. The highest BCUT2D eigenvalue weighted by Crippen LogP contribution is 2.35. The highest BCUT2D eigenvalue weighted by molar-refractivity contribution is 8.18. The fourth-order valence-corrected chi connectivity index (χ4v) is 3.47. The molecule has 0 aromatic heterocycles. The summed E-state index contributed by atoms with van der Waals surface area (Å²) in [6, 6.07) is 11.1. The third-order valence-electron chi connectivity index (χ3n) is 3.93. The Morgan fingerprint density at radius 1 is 1.28 bits per heavy atom. The Labute approximate surface area is 171 Å². The number of primary amides is 1. The van der Waals surface area contributed by atoms with Crippen molar-refractivity contribution in [3.63, 3.8) is 0 Å². The number of carbonyl (C=O) groups is 2. The lowest BCUT2D eigenvalue weighted by Crippen LogP contribution is -2.23. The molecule has 2 aromatic rings. The number of nitrogens with two attached hydrogens (primary N) is 1. The summed E-state index contributed by atoms with van der Waals surface area (Å²) < 4.78 is 24.4. The molecule has 0 bridgehead atoms. The van der Waals surface area contributed by atoms with Gasteiger partial charge in [-0.1, -0.05) is 18.2 Å². The third kappa shape index (κ3) is 4.75. The summed E-state index contributed by atoms with van der Waals surface area (Å²) in [7, 11) is 3.04. The number of halogens is 1.